The first kappa shape index (κ1) is 17.7. The van der Waals surface area contributed by atoms with Crippen LogP contribution in [-0.2, 0) is 12.0 Å². The lowest BCUT2D eigenvalue weighted by Gasteiger charge is -2.34. The monoisotopic (exact) mass is 370 g/mol. The zero-order chi connectivity index (χ0) is 19.3. The molecular weight excluding hydrogens is 348 g/mol. The SMILES string of the molecule is C=C(C)C(O)Cc1c(OC)ccc2c1OC1c3ccc(O)cc3OCC21O. The molecule has 0 aliphatic carbocycles. The van der Waals surface area contributed by atoms with E-state index >= 15 is 0 Å². The normalized spacial score (nSPS) is 23.3. The van der Waals surface area contributed by atoms with Gasteiger partial charge in [-0.1, -0.05) is 12.2 Å². The number of hydrogen-bond acceptors (Lipinski definition) is 6. The van der Waals surface area contributed by atoms with Crippen LogP contribution < -0.4 is 14.2 Å². The van der Waals surface area contributed by atoms with Gasteiger partial charge in [-0.2, -0.15) is 0 Å². The standard InChI is InChI=1S/C21H22O6/c1-11(2)16(23)9-14-17(25-3)7-6-15-19(14)27-20-13-5-4-12(22)8-18(13)26-10-21(15,20)24/h4-8,16,20,22-24H,1,9-10H2,2-3H3. The van der Waals surface area contributed by atoms with Crippen LogP contribution in [0.5, 0.6) is 23.0 Å². The van der Waals surface area contributed by atoms with Crippen LogP contribution in [0.3, 0.4) is 0 Å². The van der Waals surface area contributed by atoms with Gasteiger partial charge < -0.3 is 29.5 Å². The van der Waals surface area contributed by atoms with E-state index in [2.05, 4.69) is 6.58 Å². The Hall–Kier alpha value is -2.70. The Morgan fingerprint density at radius 2 is 2.15 bits per heavy atom. The van der Waals surface area contributed by atoms with Crippen LogP contribution in [0.25, 0.3) is 0 Å². The number of aromatic hydroxyl groups is 1. The summed E-state index contributed by atoms with van der Waals surface area (Å²) in [7, 11) is 1.55. The number of methoxy groups -OCH3 is 1. The third-order valence-electron chi connectivity index (χ3n) is 5.27. The number of ether oxygens (including phenoxy) is 3. The maximum Gasteiger partial charge on any atom is 0.168 e. The third-order valence-corrected chi connectivity index (χ3v) is 5.27. The van der Waals surface area contributed by atoms with Crippen molar-refractivity contribution in [3.63, 3.8) is 0 Å². The van der Waals surface area contributed by atoms with Crippen LogP contribution in [0.2, 0.25) is 0 Å². The molecule has 0 amide bonds. The van der Waals surface area contributed by atoms with E-state index in [0.717, 1.165) is 0 Å². The highest BCUT2D eigenvalue weighted by molar-refractivity contribution is 5.59. The Balaban J connectivity index is 1.83. The topological polar surface area (TPSA) is 88.4 Å². The van der Waals surface area contributed by atoms with E-state index in [1.54, 1.807) is 32.2 Å². The van der Waals surface area contributed by atoms with Gasteiger partial charge in [-0.3, -0.25) is 0 Å². The molecule has 0 bridgehead atoms. The van der Waals surface area contributed by atoms with Gasteiger partial charge in [-0.05, 0) is 31.2 Å². The molecule has 6 heteroatoms. The lowest BCUT2D eigenvalue weighted by atomic mass is 9.84. The van der Waals surface area contributed by atoms with Crippen molar-refractivity contribution in [1.29, 1.82) is 0 Å². The number of aliphatic hydroxyl groups is 2. The smallest absolute Gasteiger partial charge is 0.168 e. The fourth-order valence-electron chi connectivity index (χ4n) is 3.72. The Morgan fingerprint density at radius 3 is 2.85 bits per heavy atom. The van der Waals surface area contributed by atoms with Gasteiger partial charge in [0.15, 0.2) is 11.7 Å². The molecule has 0 radical (unpaired) electrons. The van der Waals surface area contributed by atoms with E-state index in [9.17, 15) is 15.3 Å². The molecule has 3 atom stereocenters. The Morgan fingerprint density at radius 1 is 1.37 bits per heavy atom. The molecule has 0 saturated carbocycles. The van der Waals surface area contributed by atoms with Crippen LogP contribution in [-0.4, -0.2) is 35.1 Å². The summed E-state index contributed by atoms with van der Waals surface area (Å²) in [5.74, 6) is 1.63. The number of phenolic OH excluding ortho intramolecular Hbond substituents is 1. The second-order valence-electron chi connectivity index (χ2n) is 7.12. The average Bonchev–Trinajstić information content (AvgIpc) is 2.95. The molecule has 4 rings (SSSR count). The molecule has 0 spiro atoms. The van der Waals surface area contributed by atoms with Gasteiger partial charge in [0.05, 0.1) is 13.2 Å². The van der Waals surface area contributed by atoms with Crippen molar-refractivity contribution in [3.8, 4) is 23.0 Å². The molecule has 2 heterocycles. The van der Waals surface area contributed by atoms with Gasteiger partial charge in [-0.15, -0.1) is 0 Å². The van der Waals surface area contributed by atoms with Crippen LogP contribution in [0.15, 0.2) is 42.5 Å². The van der Waals surface area contributed by atoms with E-state index in [-0.39, 0.29) is 18.8 Å². The third kappa shape index (κ3) is 2.64. The van der Waals surface area contributed by atoms with Gasteiger partial charge in [0, 0.05) is 29.2 Å². The first-order valence-electron chi connectivity index (χ1n) is 8.73. The van der Waals surface area contributed by atoms with Crippen molar-refractivity contribution in [2.24, 2.45) is 0 Å². The van der Waals surface area contributed by atoms with Gasteiger partial charge in [0.1, 0.15) is 29.6 Å². The van der Waals surface area contributed by atoms with Gasteiger partial charge in [0.25, 0.3) is 0 Å². The first-order chi connectivity index (χ1) is 12.8. The van der Waals surface area contributed by atoms with Crippen molar-refractivity contribution < 1.29 is 29.5 Å². The van der Waals surface area contributed by atoms with Crippen LogP contribution in [0.4, 0.5) is 0 Å². The quantitative estimate of drug-likeness (QED) is 0.717. The summed E-state index contributed by atoms with van der Waals surface area (Å²) in [6.45, 7) is 5.55. The van der Waals surface area contributed by atoms with E-state index < -0.39 is 17.8 Å². The number of benzene rings is 2. The summed E-state index contributed by atoms with van der Waals surface area (Å²) in [5.41, 5.74) is 1.19. The van der Waals surface area contributed by atoms with Crippen molar-refractivity contribution in [2.45, 2.75) is 31.2 Å². The second-order valence-corrected chi connectivity index (χ2v) is 7.12. The summed E-state index contributed by atoms with van der Waals surface area (Å²) in [6, 6.07) is 8.25. The van der Waals surface area contributed by atoms with Crippen LogP contribution in [0.1, 0.15) is 29.7 Å². The molecule has 2 aromatic rings. The summed E-state index contributed by atoms with van der Waals surface area (Å²) < 4.78 is 17.4. The number of phenols is 1. The zero-order valence-electron chi connectivity index (χ0n) is 15.2. The molecule has 0 saturated heterocycles. The summed E-state index contributed by atoms with van der Waals surface area (Å²) in [6.07, 6.45) is -1.18. The molecule has 142 valence electrons. The van der Waals surface area contributed by atoms with E-state index in [1.165, 1.54) is 12.1 Å². The molecule has 3 N–H and O–H groups in total. The maximum absolute atomic E-state index is 11.4. The number of aliphatic hydroxyl groups excluding tert-OH is 1. The van der Waals surface area contributed by atoms with Crippen molar-refractivity contribution in [3.05, 3.63) is 59.2 Å². The van der Waals surface area contributed by atoms with Crippen LogP contribution >= 0.6 is 0 Å². The molecule has 2 aliphatic heterocycles. The maximum atomic E-state index is 11.4. The largest absolute Gasteiger partial charge is 0.508 e. The molecule has 2 aliphatic rings. The molecule has 0 fully saturated rings. The highest BCUT2D eigenvalue weighted by atomic mass is 16.5. The number of rotatable bonds is 4. The van der Waals surface area contributed by atoms with E-state index in [4.69, 9.17) is 14.2 Å². The summed E-state index contributed by atoms with van der Waals surface area (Å²) in [4.78, 5) is 0. The van der Waals surface area contributed by atoms with Crippen molar-refractivity contribution >= 4 is 0 Å². The van der Waals surface area contributed by atoms with E-state index in [1.807, 2.05) is 0 Å². The minimum absolute atomic E-state index is 0.00404. The zero-order valence-corrected chi connectivity index (χ0v) is 15.2. The van der Waals surface area contributed by atoms with E-state index in [0.29, 0.717) is 39.5 Å². The Labute approximate surface area is 157 Å². The highest BCUT2D eigenvalue weighted by Gasteiger charge is 2.53. The lowest BCUT2D eigenvalue weighted by molar-refractivity contribution is -0.0865. The summed E-state index contributed by atoms with van der Waals surface area (Å²) >= 11 is 0. The first-order valence-corrected chi connectivity index (χ1v) is 8.73. The molecule has 0 aromatic heterocycles. The van der Waals surface area contributed by atoms with Gasteiger partial charge in [-0.25, -0.2) is 0 Å². The molecule has 6 nitrogen and oxygen atoms in total. The van der Waals surface area contributed by atoms with Crippen molar-refractivity contribution in [2.75, 3.05) is 13.7 Å². The second kappa shape index (κ2) is 6.18. The number of hydrogen-bond donors (Lipinski definition) is 3. The predicted molar refractivity (Wildman–Crippen MR) is 98.4 cm³/mol. The Kier molecular flexibility index (Phi) is 4.05. The number of fused-ring (bicyclic) bond motifs is 5. The van der Waals surface area contributed by atoms with Crippen molar-refractivity contribution in [1.82, 2.24) is 0 Å². The molecule has 2 aromatic carbocycles. The average molecular weight is 370 g/mol. The molecule has 27 heavy (non-hydrogen) atoms. The van der Waals surface area contributed by atoms with Crippen LogP contribution in [0, 0.1) is 0 Å². The fraction of sp³-hybridized carbons (Fsp3) is 0.333. The predicted octanol–water partition coefficient (Wildman–Crippen LogP) is 2.59. The van der Waals surface area contributed by atoms with Gasteiger partial charge >= 0.3 is 0 Å². The molecule has 3 unspecified atom stereocenters. The lowest BCUT2D eigenvalue weighted by Crippen LogP contribution is -2.41. The fourth-order valence-corrected chi connectivity index (χ4v) is 3.72. The van der Waals surface area contributed by atoms with Gasteiger partial charge in [0.2, 0.25) is 0 Å². The highest BCUT2D eigenvalue weighted by Crippen LogP contribution is 2.56. The summed E-state index contributed by atoms with van der Waals surface area (Å²) in [5, 5.41) is 31.4. The minimum atomic E-state index is -1.37. The molecular formula is C21H22O6. The Bertz CT molecular complexity index is 921. The minimum Gasteiger partial charge on any atom is -0.508 e.